The van der Waals surface area contributed by atoms with Crippen molar-refractivity contribution in [2.24, 2.45) is 22.2 Å². The van der Waals surface area contributed by atoms with Gasteiger partial charge in [-0.3, -0.25) is 4.79 Å². The van der Waals surface area contributed by atoms with Gasteiger partial charge in [0.1, 0.15) is 0 Å². The fourth-order valence-electron chi connectivity index (χ4n) is 6.94. The second-order valence-corrected chi connectivity index (χ2v) is 8.91. The molecule has 5 rings (SSSR count). The van der Waals surface area contributed by atoms with Gasteiger partial charge >= 0.3 is 0 Å². The van der Waals surface area contributed by atoms with E-state index in [1.807, 2.05) is 0 Å². The maximum Gasteiger partial charge on any atom is 0.228 e. The van der Waals surface area contributed by atoms with E-state index in [0.717, 1.165) is 19.0 Å². The first-order chi connectivity index (χ1) is 8.92. The minimum absolute atomic E-state index is 0.0350. The van der Waals surface area contributed by atoms with Crippen LogP contribution in [0.1, 0.15) is 65.2 Å². The molecule has 2 heteroatoms. The molecule has 0 aromatic heterocycles. The summed E-state index contributed by atoms with van der Waals surface area (Å²) in [7, 11) is 0. The molecule has 4 bridgehead atoms. The van der Waals surface area contributed by atoms with E-state index < -0.39 is 0 Å². The monoisotopic (exact) mass is 261 g/mol. The maximum absolute atomic E-state index is 13.1. The SMILES string of the molecule is C[C@]12CC3CC(C(=O)N4CCCC4)(C1)C[C@@](C)(C3)C2. The number of carbonyl (C=O) groups is 1. The third-order valence-electron chi connectivity index (χ3n) is 6.47. The molecule has 19 heavy (non-hydrogen) atoms. The minimum atomic E-state index is 0.0350. The highest BCUT2D eigenvalue weighted by molar-refractivity contribution is 5.83. The number of hydrogen-bond donors (Lipinski definition) is 0. The average Bonchev–Trinajstić information content (AvgIpc) is 2.75. The Morgan fingerprint density at radius 1 is 0.947 bits per heavy atom. The number of rotatable bonds is 1. The van der Waals surface area contributed by atoms with E-state index in [4.69, 9.17) is 0 Å². The highest BCUT2D eigenvalue weighted by Gasteiger charge is 2.63. The van der Waals surface area contributed by atoms with Gasteiger partial charge in [-0.05, 0) is 68.1 Å². The molecule has 4 saturated carbocycles. The first kappa shape index (κ1) is 12.2. The molecular weight excluding hydrogens is 234 g/mol. The molecule has 5 aliphatic rings. The lowest BCUT2D eigenvalue weighted by Gasteiger charge is -2.65. The van der Waals surface area contributed by atoms with E-state index in [-0.39, 0.29) is 5.41 Å². The van der Waals surface area contributed by atoms with Crippen molar-refractivity contribution in [3.05, 3.63) is 0 Å². The van der Waals surface area contributed by atoms with Gasteiger partial charge < -0.3 is 4.90 Å². The quantitative estimate of drug-likeness (QED) is 0.706. The molecule has 0 aromatic rings. The fraction of sp³-hybridized carbons (Fsp3) is 0.941. The van der Waals surface area contributed by atoms with Crippen LogP contribution in [0.25, 0.3) is 0 Å². The first-order valence-corrected chi connectivity index (χ1v) is 8.22. The molecule has 0 spiro atoms. The van der Waals surface area contributed by atoms with Crippen molar-refractivity contribution in [2.75, 3.05) is 13.1 Å². The van der Waals surface area contributed by atoms with Crippen molar-refractivity contribution in [3.8, 4) is 0 Å². The lowest BCUT2D eigenvalue weighted by atomic mass is 9.40. The summed E-state index contributed by atoms with van der Waals surface area (Å²) < 4.78 is 0. The van der Waals surface area contributed by atoms with Crippen LogP contribution in [0, 0.1) is 22.2 Å². The van der Waals surface area contributed by atoms with Gasteiger partial charge in [0.15, 0.2) is 0 Å². The summed E-state index contributed by atoms with van der Waals surface area (Å²) in [5.74, 6) is 1.37. The second kappa shape index (κ2) is 3.56. The minimum Gasteiger partial charge on any atom is -0.342 e. The fourth-order valence-corrected chi connectivity index (χ4v) is 6.94. The lowest BCUT2D eigenvalue weighted by Crippen LogP contribution is -2.60. The van der Waals surface area contributed by atoms with E-state index in [1.54, 1.807) is 0 Å². The predicted molar refractivity (Wildman–Crippen MR) is 75.7 cm³/mol. The zero-order valence-electron chi connectivity index (χ0n) is 12.5. The highest BCUT2D eigenvalue weighted by Crippen LogP contribution is 2.69. The van der Waals surface area contributed by atoms with Gasteiger partial charge in [-0.15, -0.1) is 0 Å². The van der Waals surface area contributed by atoms with E-state index in [9.17, 15) is 4.79 Å². The van der Waals surface area contributed by atoms with Crippen LogP contribution in [-0.4, -0.2) is 23.9 Å². The Morgan fingerprint density at radius 2 is 1.53 bits per heavy atom. The zero-order chi connectivity index (χ0) is 13.3. The topological polar surface area (TPSA) is 20.3 Å². The van der Waals surface area contributed by atoms with Crippen molar-refractivity contribution in [3.63, 3.8) is 0 Å². The standard InChI is InChI=1S/C17H27NO/c1-15-7-13-8-16(2,10-15)12-17(9-13,11-15)14(19)18-5-3-4-6-18/h13H,3-12H2,1-2H3/t13?,15-,16+,17?. The van der Waals surface area contributed by atoms with Gasteiger partial charge in [-0.25, -0.2) is 0 Å². The smallest absolute Gasteiger partial charge is 0.228 e. The molecule has 4 atom stereocenters. The van der Waals surface area contributed by atoms with Crippen molar-refractivity contribution >= 4 is 5.91 Å². The van der Waals surface area contributed by atoms with Gasteiger partial charge in [0.2, 0.25) is 5.91 Å². The normalized spacial score (nSPS) is 51.9. The summed E-state index contributed by atoms with van der Waals surface area (Å²) in [5, 5.41) is 0. The van der Waals surface area contributed by atoms with Gasteiger partial charge in [0, 0.05) is 13.1 Å². The molecule has 0 aromatic carbocycles. The van der Waals surface area contributed by atoms with Gasteiger partial charge in [0.05, 0.1) is 5.41 Å². The van der Waals surface area contributed by atoms with E-state index in [2.05, 4.69) is 18.7 Å². The lowest BCUT2D eigenvalue weighted by molar-refractivity contribution is -0.178. The van der Waals surface area contributed by atoms with Crippen LogP contribution < -0.4 is 0 Å². The molecule has 5 fully saturated rings. The Morgan fingerprint density at radius 3 is 2.05 bits per heavy atom. The molecule has 4 aliphatic carbocycles. The maximum atomic E-state index is 13.1. The summed E-state index contributed by atoms with van der Waals surface area (Å²) in [6.07, 6.45) is 10.1. The first-order valence-electron chi connectivity index (χ1n) is 8.22. The Bertz CT molecular complexity index is 405. The third-order valence-corrected chi connectivity index (χ3v) is 6.47. The van der Waals surface area contributed by atoms with Crippen molar-refractivity contribution in [1.29, 1.82) is 0 Å². The number of likely N-dealkylation sites (tertiary alicyclic amines) is 1. The Hall–Kier alpha value is -0.530. The molecule has 2 unspecified atom stereocenters. The summed E-state index contributed by atoms with van der Waals surface area (Å²) >= 11 is 0. The Labute approximate surface area is 116 Å². The van der Waals surface area contributed by atoms with Crippen LogP contribution in [0.15, 0.2) is 0 Å². The molecule has 1 aliphatic heterocycles. The largest absolute Gasteiger partial charge is 0.342 e. The molecule has 0 N–H and O–H groups in total. The zero-order valence-corrected chi connectivity index (χ0v) is 12.5. The van der Waals surface area contributed by atoms with Crippen LogP contribution in [0.5, 0.6) is 0 Å². The molecule has 106 valence electrons. The number of carbonyl (C=O) groups excluding carboxylic acids is 1. The summed E-state index contributed by atoms with van der Waals surface area (Å²) in [6, 6.07) is 0. The second-order valence-electron chi connectivity index (χ2n) is 8.91. The molecule has 1 saturated heterocycles. The van der Waals surface area contributed by atoms with Crippen LogP contribution in [0.2, 0.25) is 0 Å². The molecule has 0 radical (unpaired) electrons. The van der Waals surface area contributed by atoms with Gasteiger partial charge in [-0.2, -0.15) is 0 Å². The van der Waals surface area contributed by atoms with E-state index >= 15 is 0 Å². The predicted octanol–water partition coefficient (Wildman–Crippen LogP) is 3.61. The van der Waals surface area contributed by atoms with Crippen molar-refractivity contribution in [2.45, 2.75) is 65.2 Å². The van der Waals surface area contributed by atoms with Crippen LogP contribution in [-0.2, 0) is 4.79 Å². The number of hydrogen-bond acceptors (Lipinski definition) is 1. The van der Waals surface area contributed by atoms with Crippen LogP contribution in [0.3, 0.4) is 0 Å². The van der Waals surface area contributed by atoms with Gasteiger partial charge in [0.25, 0.3) is 0 Å². The van der Waals surface area contributed by atoms with E-state index in [0.29, 0.717) is 16.7 Å². The van der Waals surface area contributed by atoms with E-state index in [1.165, 1.54) is 51.4 Å². The van der Waals surface area contributed by atoms with Crippen LogP contribution >= 0.6 is 0 Å². The Kier molecular flexibility index (Phi) is 2.29. The number of amides is 1. The Balaban J connectivity index is 1.68. The van der Waals surface area contributed by atoms with Crippen LogP contribution in [0.4, 0.5) is 0 Å². The molecule has 2 nitrogen and oxygen atoms in total. The summed E-state index contributed by atoms with van der Waals surface area (Å²) in [6.45, 7) is 6.97. The van der Waals surface area contributed by atoms with Crippen molar-refractivity contribution in [1.82, 2.24) is 4.90 Å². The number of nitrogens with zero attached hydrogens (tertiary/aromatic N) is 1. The summed E-state index contributed by atoms with van der Waals surface area (Å²) in [5.41, 5.74) is 0.959. The highest BCUT2D eigenvalue weighted by atomic mass is 16.2. The molecule has 1 amide bonds. The van der Waals surface area contributed by atoms with Gasteiger partial charge in [-0.1, -0.05) is 13.8 Å². The molecular formula is C17H27NO. The average molecular weight is 261 g/mol. The third kappa shape index (κ3) is 1.71. The molecule has 1 heterocycles. The van der Waals surface area contributed by atoms with Crippen molar-refractivity contribution < 1.29 is 4.79 Å². The summed E-state index contributed by atoms with van der Waals surface area (Å²) in [4.78, 5) is 15.3.